The highest BCUT2D eigenvalue weighted by molar-refractivity contribution is 9.10. The number of fused-ring (bicyclic) bond motifs is 4. The van der Waals surface area contributed by atoms with Gasteiger partial charge in [0.25, 0.3) is 0 Å². The van der Waals surface area contributed by atoms with Crippen molar-refractivity contribution in [3.05, 3.63) is 87.4 Å². The fraction of sp³-hybridized carbons (Fsp3) is 0.333. The highest BCUT2D eigenvalue weighted by Crippen LogP contribution is 2.53. The molecule has 4 aliphatic rings. The fourth-order valence-electron chi connectivity index (χ4n) is 5.99. The zero-order valence-corrected chi connectivity index (χ0v) is 19.3. The molecule has 2 aromatic rings. The highest BCUT2D eigenvalue weighted by atomic mass is 79.9. The summed E-state index contributed by atoms with van der Waals surface area (Å²) in [6.07, 6.45) is 11.3. The largest absolute Gasteiger partial charge is 0.454 e. The van der Waals surface area contributed by atoms with Crippen LogP contribution in [0.4, 0.5) is 5.69 Å². The first kappa shape index (κ1) is 20.0. The third-order valence-electron chi connectivity index (χ3n) is 7.47. The van der Waals surface area contributed by atoms with Gasteiger partial charge in [-0.1, -0.05) is 58.4 Å². The van der Waals surface area contributed by atoms with Crippen molar-refractivity contribution in [2.45, 2.75) is 24.7 Å². The number of esters is 1. The van der Waals surface area contributed by atoms with Gasteiger partial charge in [0.15, 0.2) is 12.4 Å². The van der Waals surface area contributed by atoms with E-state index in [1.54, 1.807) is 12.1 Å². The van der Waals surface area contributed by atoms with Crippen LogP contribution in [0, 0.1) is 11.8 Å². The quantitative estimate of drug-likeness (QED) is 0.316. The van der Waals surface area contributed by atoms with Crippen molar-refractivity contribution in [1.29, 1.82) is 0 Å². The van der Waals surface area contributed by atoms with Crippen LogP contribution in [0.5, 0.6) is 0 Å². The van der Waals surface area contributed by atoms with E-state index in [2.05, 4.69) is 51.2 Å². The van der Waals surface area contributed by atoms with Gasteiger partial charge in [0.2, 0.25) is 0 Å². The molecule has 4 nitrogen and oxygen atoms in total. The van der Waals surface area contributed by atoms with Crippen LogP contribution >= 0.6 is 15.9 Å². The average molecular weight is 490 g/mol. The van der Waals surface area contributed by atoms with Gasteiger partial charge in [-0.05, 0) is 54.0 Å². The van der Waals surface area contributed by atoms with Gasteiger partial charge in [0, 0.05) is 40.6 Å². The molecule has 0 spiro atoms. The molecule has 0 fully saturated rings. The predicted octanol–water partition coefficient (Wildman–Crippen LogP) is 5.64. The minimum absolute atomic E-state index is 0.198. The second kappa shape index (κ2) is 7.73. The summed E-state index contributed by atoms with van der Waals surface area (Å²) in [4.78, 5) is 28.2. The molecule has 32 heavy (non-hydrogen) atoms. The van der Waals surface area contributed by atoms with Crippen molar-refractivity contribution in [2.75, 3.05) is 24.6 Å². The molecule has 0 radical (unpaired) electrons. The second-order valence-corrected chi connectivity index (χ2v) is 10.2. The number of hydrogen-bond donors (Lipinski definition) is 0. The van der Waals surface area contributed by atoms with Gasteiger partial charge in [0.1, 0.15) is 0 Å². The number of rotatable bonds is 4. The number of Topliss-reactive ketones (excluding diaryl/α,β-unsaturated/α-hetero) is 1. The standard InChI is InChI=1S/C27H24BrNO3/c28-19-9-7-16(8-10-19)24(30)15-32-27(31)23-12-11-22-20-5-1-3-17(20)13-29-14-18-4-2-6-21(18)25(23)26(22)29/h1-2,5-12,17-18,20-21H,3-4,13-15H2/t17-,18-,20+,21-/m1/s1. The van der Waals surface area contributed by atoms with E-state index < -0.39 is 5.97 Å². The van der Waals surface area contributed by atoms with Gasteiger partial charge in [-0.25, -0.2) is 4.79 Å². The third kappa shape index (κ3) is 3.17. The molecule has 6 rings (SSSR count). The molecule has 2 aliphatic heterocycles. The molecule has 0 bridgehead atoms. The lowest BCUT2D eigenvalue weighted by Crippen LogP contribution is -2.44. The molecule has 162 valence electrons. The maximum Gasteiger partial charge on any atom is 0.338 e. The van der Waals surface area contributed by atoms with Crippen molar-refractivity contribution in [3.8, 4) is 0 Å². The van der Waals surface area contributed by atoms with Crippen LogP contribution in [0.1, 0.15) is 56.5 Å². The number of halogens is 1. The Bertz CT molecular complexity index is 1160. The molecule has 0 N–H and O–H groups in total. The lowest BCUT2D eigenvalue weighted by Gasteiger charge is -2.46. The first-order chi connectivity index (χ1) is 15.6. The molecule has 4 atom stereocenters. The molecule has 2 aliphatic carbocycles. The molecule has 0 saturated heterocycles. The predicted molar refractivity (Wildman–Crippen MR) is 127 cm³/mol. The Morgan fingerprint density at radius 3 is 2.38 bits per heavy atom. The van der Waals surface area contributed by atoms with Crippen LogP contribution in [-0.4, -0.2) is 31.4 Å². The number of hydrogen-bond acceptors (Lipinski definition) is 4. The van der Waals surface area contributed by atoms with Gasteiger partial charge in [-0.2, -0.15) is 0 Å². The lowest BCUT2D eigenvalue weighted by atomic mass is 9.73. The smallest absolute Gasteiger partial charge is 0.338 e. The van der Waals surface area contributed by atoms with Crippen LogP contribution in [0.3, 0.4) is 0 Å². The summed E-state index contributed by atoms with van der Waals surface area (Å²) in [6, 6.07) is 11.1. The molecule has 2 heterocycles. The maximum absolute atomic E-state index is 13.2. The number of ether oxygens (including phenoxy) is 1. The van der Waals surface area contributed by atoms with Crippen LogP contribution in [0.25, 0.3) is 0 Å². The Labute approximate surface area is 196 Å². The van der Waals surface area contributed by atoms with Crippen molar-refractivity contribution in [1.82, 2.24) is 0 Å². The Balaban J connectivity index is 1.33. The van der Waals surface area contributed by atoms with Gasteiger partial charge in [-0.3, -0.25) is 4.79 Å². The molecule has 0 saturated carbocycles. The number of carbonyl (C=O) groups is 2. The normalized spacial score (nSPS) is 26.5. The van der Waals surface area contributed by atoms with E-state index >= 15 is 0 Å². The zero-order chi connectivity index (χ0) is 21.8. The van der Waals surface area contributed by atoms with E-state index in [0.29, 0.717) is 28.9 Å². The number of ketones is 1. The number of carbonyl (C=O) groups excluding carboxylic acids is 2. The number of benzene rings is 2. The van der Waals surface area contributed by atoms with Crippen LogP contribution < -0.4 is 4.90 Å². The summed E-state index contributed by atoms with van der Waals surface area (Å²) >= 11 is 3.37. The van der Waals surface area contributed by atoms with Gasteiger partial charge < -0.3 is 9.64 Å². The average Bonchev–Trinajstić information content (AvgIpc) is 3.47. The van der Waals surface area contributed by atoms with E-state index in [1.165, 1.54) is 11.3 Å². The van der Waals surface area contributed by atoms with Crippen molar-refractivity contribution in [3.63, 3.8) is 0 Å². The summed E-state index contributed by atoms with van der Waals surface area (Å²) < 4.78 is 6.45. The van der Waals surface area contributed by atoms with Gasteiger partial charge in [0.05, 0.1) is 5.56 Å². The Morgan fingerprint density at radius 1 is 0.938 bits per heavy atom. The highest BCUT2D eigenvalue weighted by Gasteiger charge is 2.44. The van der Waals surface area contributed by atoms with Crippen molar-refractivity contribution >= 4 is 33.4 Å². The first-order valence-corrected chi connectivity index (χ1v) is 12.1. The number of nitrogens with zero attached hydrogens (tertiary/aromatic N) is 1. The van der Waals surface area contributed by atoms with Crippen molar-refractivity contribution in [2.24, 2.45) is 11.8 Å². The summed E-state index contributed by atoms with van der Waals surface area (Å²) in [6.45, 7) is 1.83. The van der Waals surface area contributed by atoms with Gasteiger partial charge in [-0.15, -0.1) is 0 Å². The zero-order valence-electron chi connectivity index (χ0n) is 17.7. The van der Waals surface area contributed by atoms with Crippen LogP contribution in [0.15, 0.2) is 65.2 Å². The molecule has 0 unspecified atom stereocenters. The Morgan fingerprint density at radius 2 is 1.62 bits per heavy atom. The summed E-state index contributed by atoms with van der Waals surface area (Å²) in [5.74, 6) is 1.20. The fourth-order valence-corrected chi connectivity index (χ4v) is 6.25. The topological polar surface area (TPSA) is 46.6 Å². The molecule has 5 heteroatoms. The lowest BCUT2D eigenvalue weighted by molar-refractivity contribution is 0.0473. The van der Waals surface area contributed by atoms with E-state index in [-0.39, 0.29) is 18.3 Å². The Kier molecular flexibility index (Phi) is 4.83. The molecule has 0 aromatic heterocycles. The SMILES string of the molecule is O=C(COC(=O)c1ccc2c3c1[C@@H]1C=CC[C@@H]1CN3C[C@H]1CC=C[C@H]21)c1ccc(Br)cc1. The number of allylic oxidation sites excluding steroid dienone is 4. The minimum atomic E-state index is -0.404. The third-order valence-corrected chi connectivity index (χ3v) is 8.00. The van der Waals surface area contributed by atoms with E-state index in [0.717, 1.165) is 36.0 Å². The molecular weight excluding hydrogens is 466 g/mol. The molecular formula is C27H24BrNO3. The monoisotopic (exact) mass is 489 g/mol. The van der Waals surface area contributed by atoms with E-state index in [1.807, 2.05) is 18.2 Å². The summed E-state index contributed by atoms with van der Waals surface area (Å²) in [7, 11) is 0. The van der Waals surface area contributed by atoms with Crippen LogP contribution in [-0.2, 0) is 4.74 Å². The number of anilines is 1. The van der Waals surface area contributed by atoms with Crippen molar-refractivity contribution < 1.29 is 14.3 Å². The molecule has 2 aromatic carbocycles. The van der Waals surface area contributed by atoms with Crippen LogP contribution in [0.2, 0.25) is 0 Å². The maximum atomic E-state index is 13.2. The van der Waals surface area contributed by atoms with E-state index in [4.69, 9.17) is 4.74 Å². The summed E-state index contributed by atoms with van der Waals surface area (Å²) in [5.41, 5.74) is 4.83. The minimum Gasteiger partial charge on any atom is -0.454 e. The molecule has 0 amide bonds. The first-order valence-electron chi connectivity index (χ1n) is 11.3. The Hall–Kier alpha value is -2.66. The van der Waals surface area contributed by atoms with E-state index in [9.17, 15) is 9.59 Å². The second-order valence-electron chi connectivity index (χ2n) is 9.28. The van der Waals surface area contributed by atoms with Gasteiger partial charge >= 0.3 is 5.97 Å². The summed E-state index contributed by atoms with van der Waals surface area (Å²) in [5, 5.41) is 0.